The van der Waals surface area contributed by atoms with E-state index in [-0.39, 0.29) is 6.04 Å². The fourth-order valence-electron chi connectivity index (χ4n) is 2.37. The zero-order chi connectivity index (χ0) is 13.1. The largest absolute Gasteiger partial charge is 0.338 e. The summed E-state index contributed by atoms with van der Waals surface area (Å²) >= 11 is 5.96. The highest BCUT2D eigenvalue weighted by molar-refractivity contribution is 6.30. The molecule has 0 radical (unpaired) electrons. The summed E-state index contributed by atoms with van der Waals surface area (Å²) in [4.78, 5) is 4.48. The van der Waals surface area contributed by atoms with Gasteiger partial charge in [-0.15, -0.1) is 0 Å². The lowest BCUT2D eigenvalue weighted by molar-refractivity contribution is 0.296. The summed E-state index contributed by atoms with van der Waals surface area (Å²) in [5.41, 5.74) is 1.09. The highest BCUT2D eigenvalue weighted by atomic mass is 35.5. The number of nitrogens with one attached hydrogen (secondary N) is 1. The molecule has 0 spiro atoms. The van der Waals surface area contributed by atoms with Crippen LogP contribution in [0.3, 0.4) is 0 Å². The Labute approximate surface area is 117 Å². The fraction of sp³-hybridized carbons (Fsp3) is 0.429. The third-order valence-corrected chi connectivity index (χ3v) is 3.58. The van der Waals surface area contributed by atoms with Gasteiger partial charge in [-0.25, -0.2) is 0 Å². The molecular formula is C14H16ClN3O. The van der Waals surface area contributed by atoms with Crippen LogP contribution in [-0.2, 0) is 6.42 Å². The van der Waals surface area contributed by atoms with Gasteiger partial charge in [0.2, 0.25) is 5.89 Å². The lowest BCUT2D eigenvalue weighted by Crippen LogP contribution is -2.27. The van der Waals surface area contributed by atoms with Crippen LogP contribution >= 0.6 is 11.6 Å². The van der Waals surface area contributed by atoms with Gasteiger partial charge in [0.25, 0.3) is 0 Å². The van der Waals surface area contributed by atoms with Crippen LogP contribution in [0, 0.1) is 0 Å². The minimum absolute atomic E-state index is 0.217. The zero-order valence-corrected chi connectivity index (χ0v) is 11.4. The zero-order valence-electron chi connectivity index (χ0n) is 10.6. The number of hydrogen-bond acceptors (Lipinski definition) is 4. The van der Waals surface area contributed by atoms with Crippen molar-refractivity contribution >= 4 is 11.6 Å². The standard InChI is InChI=1S/C14H16ClN3O/c15-11-5-3-4-10(8-11)9-13-17-14(19-18-13)12-6-1-2-7-16-12/h3-5,8,12,16H,1-2,6-7,9H2/t12-/m0/s1. The van der Waals surface area contributed by atoms with Crippen LogP contribution in [0.2, 0.25) is 5.02 Å². The average Bonchev–Trinajstić information content (AvgIpc) is 2.88. The van der Waals surface area contributed by atoms with E-state index in [2.05, 4.69) is 15.5 Å². The smallest absolute Gasteiger partial charge is 0.243 e. The fourth-order valence-corrected chi connectivity index (χ4v) is 2.59. The normalized spacial score (nSPS) is 19.5. The predicted octanol–water partition coefficient (Wildman–Crippen LogP) is 3.13. The number of aromatic nitrogens is 2. The van der Waals surface area contributed by atoms with Crippen molar-refractivity contribution in [2.24, 2.45) is 0 Å². The van der Waals surface area contributed by atoms with Crippen LogP contribution in [0.4, 0.5) is 0 Å². The number of piperidine rings is 1. The molecule has 5 heteroatoms. The van der Waals surface area contributed by atoms with Crippen LogP contribution < -0.4 is 5.32 Å². The van der Waals surface area contributed by atoms with Crippen LogP contribution in [0.5, 0.6) is 0 Å². The molecular weight excluding hydrogens is 262 g/mol. The molecule has 1 N–H and O–H groups in total. The molecule has 3 rings (SSSR count). The van der Waals surface area contributed by atoms with Gasteiger partial charge >= 0.3 is 0 Å². The van der Waals surface area contributed by atoms with E-state index in [1.54, 1.807) is 0 Å². The van der Waals surface area contributed by atoms with Crippen molar-refractivity contribution in [3.63, 3.8) is 0 Å². The summed E-state index contributed by atoms with van der Waals surface area (Å²) in [7, 11) is 0. The number of rotatable bonds is 3. The van der Waals surface area contributed by atoms with E-state index in [1.807, 2.05) is 24.3 Å². The molecule has 2 aromatic rings. The third kappa shape index (κ3) is 3.14. The molecule has 100 valence electrons. The lowest BCUT2D eigenvalue weighted by Gasteiger charge is -2.19. The summed E-state index contributed by atoms with van der Waals surface area (Å²) in [5.74, 6) is 1.42. The van der Waals surface area contributed by atoms with Gasteiger partial charge in [-0.05, 0) is 37.1 Å². The van der Waals surface area contributed by atoms with Gasteiger partial charge in [0, 0.05) is 11.4 Å². The average molecular weight is 278 g/mol. The first-order valence-electron chi connectivity index (χ1n) is 6.61. The van der Waals surface area contributed by atoms with Crippen molar-refractivity contribution < 1.29 is 4.52 Å². The van der Waals surface area contributed by atoms with Crippen LogP contribution in [0.1, 0.15) is 42.6 Å². The lowest BCUT2D eigenvalue weighted by atomic mass is 10.1. The second kappa shape index (κ2) is 5.72. The molecule has 4 nitrogen and oxygen atoms in total. The van der Waals surface area contributed by atoms with E-state index >= 15 is 0 Å². The van der Waals surface area contributed by atoms with E-state index in [9.17, 15) is 0 Å². The van der Waals surface area contributed by atoms with E-state index in [1.165, 1.54) is 12.8 Å². The second-order valence-corrected chi connectivity index (χ2v) is 5.29. The molecule has 19 heavy (non-hydrogen) atoms. The van der Waals surface area contributed by atoms with E-state index in [4.69, 9.17) is 16.1 Å². The maximum atomic E-state index is 5.96. The topological polar surface area (TPSA) is 51.0 Å². The molecule has 1 fully saturated rings. The predicted molar refractivity (Wildman–Crippen MR) is 73.2 cm³/mol. The van der Waals surface area contributed by atoms with Crippen LogP contribution in [0.25, 0.3) is 0 Å². The number of nitrogens with zero attached hydrogens (tertiary/aromatic N) is 2. The van der Waals surface area contributed by atoms with Crippen molar-refractivity contribution in [1.29, 1.82) is 0 Å². The molecule has 0 unspecified atom stereocenters. The first-order valence-corrected chi connectivity index (χ1v) is 6.99. The van der Waals surface area contributed by atoms with Crippen molar-refractivity contribution in [2.45, 2.75) is 31.7 Å². The Bertz CT molecular complexity index is 549. The number of halogens is 1. The summed E-state index contributed by atoms with van der Waals surface area (Å²) in [6, 6.07) is 7.95. The van der Waals surface area contributed by atoms with Crippen molar-refractivity contribution in [3.05, 3.63) is 46.6 Å². The Morgan fingerprint density at radius 1 is 1.37 bits per heavy atom. The van der Waals surface area contributed by atoms with Crippen LogP contribution in [-0.4, -0.2) is 16.7 Å². The number of benzene rings is 1. The molecule has 0 aliphatic carbocycles. The molecule has 1 atom stereocenters. The molecule has 1 saturated heterocycles. The third-order valence-electron chi connectivity index (χ3n) is 3.34. The van der Waals surface area contributed by atoms with Gasteiger partial charge in [0.15, 0.2) is 5.82 Å². The van der Waals surface area contributed by atoms with Crippen molar-refractivity contribution in [3.8, 4) is 0 Å². The molecule has 1 aliphatic heterocycles. The first kappa shape index (κ1) is 12.6. The molecule has 1 aromatic heterocycles. The first-order chi connectivity index (χ1) is 9.31. The Kier molecular flexibility index (Phi) is 3.80. The molecule has 2 heterocycles. The Balaban J connectivity index is 1.70. The van der Waals surface area contributed by atoms with Gasteiger partial charge in [-0.1, -0.05) is 35.3 Å². The van der Waals surface area contributed by atoms with E-state index in [0.717, 1.165) is 23.6 Å². The molecule has 0 amide bonds. The van der Waals surface area contributed by atoms with Gasteiger partial charge < -0.3 is 9.84 Å². The molecule has 1 aliphatic rings. The summed E-state index contributed by atoms with van der Waals surface area (Å²) < 4.78 is 5.35. The highest BCUT2D eigenvalue weighted by Gasteiger charge is 2.20. The summed E-state index contributed by atoms with van der Waals surface area (Å²) in [5, 5.41) is 8.18. The van der Waals surface area contributed by atoms with Crippen molar-refractivity contribution in [2.75, 3.05) is 6.54 Å². The summed E-state index contributed by atoms with van der Waals surface area (Å²) in [6.45, 7) is 1.02. The summed E-state index contributed by atoms with van der Waals surface area (Å²) in [6.07, 6.45) is 4.15. The monoisotopic (exact) mass is 277 g/mol. The quantitative estimate of drug-likeness (QED) is 0.936. The van der Waals surface area contributed by atoms with Crippen molar-refractivity contribution in [1.82, 2.24) is 15.5 Å². The minimum Gasteiger partial charge on any atom is -0.338 e. The van der Waals surface area contributed by atoms with Gasteiger partial charge in [-0.2, -0.15) is 4.98 Å². The minimum atomic E-state index is 0.217. The van der Waals surface area contributed by atoms with Crippen LogP contribution in [0.15, 0.2) is 28.8 Å². The maximum Gasteiger partial charge on any atom is 0.243 e. The maximum absolute atomic E-state index is 5.96. The molecule has 0 saturated carbocycles. The van der Waals surface area contributed by atoms with Gasteiger partial charge in [0.1, 0.15) is 0 Å². The molecule has 0 bridgehead atoms. The van der Waals surface area contributed by atoms with Gasteiger partial charge in [0.05, 0.1) is 6.04 Å². The SMILES string of the molecule is Clc1cccc(Cc2noc([C@@H]3CCCCN3)n2)c1. The highest BCUT2D eigenvalue weighted by Crippen LogP contribution is 2.22. The van der Waals surface area contributed by atoms with Gasteiger partial charge in [-0.3, -0.25) is 0 Å². The molecule has 1 aromatic carbocycles. The Hall–Kier alpha value is -1.39. The van der Waals surface area contributed by atoms with E-state index < -0.39 is 0 Å². The van der Waals surface area contributed by atoms with E-state index in [0.29, 0.717) is 18.1 Å². The second-order valence-electron chi connectivity index (χ2n) is 4.86. The Morgan fingerprint density at radius 2 is 2.32 bits per heavy atom. The Morgan fingerprint density at radius 3 is 3.11 bits per heavy atom. The number of hydrogen-bond donors (Lipinski definition) is 1.